The Hall–Kier alpha value is -0.700. The predicted octanol–water partition coefficient (Wildman–Crippen LogP) is 4.21. The van der Waals surface area contributed by atoms with E-state index in [9.17, 15) is 9.18 Å². The number of hydrogen-bond acceptors (Lipinski definition) is 1. The van der Waals surface area contributed by atoms with Crippen LogP contribution in [0.1, 0.15) is 37.0 Å². The van der Waals surface area contributed by atoms with E-state index in [0.717, 1.165) is 6.42 Å². The predicted molar refractivity (Wildman–Crippen MR) is 62.5 cm³/mol. The number of carbonyl (C=O) groups excluding carboxylic acids is 1. The number of rotatable bonds is 4. The molecule has 0 bridgehead atoms. The summed E-state index contributed by atoms with van der Waals surface area (Å²) in [5, 5.41) is 0. The van der Waals surface area contributed by atoms with Gasteiger partial charge in [-0.05, 0) is 24.1 Å². The van der Waals surface area contributed by atoms with Gasteiger partial charge in [0.1, 0.15) is 5.82 Å². The summed E-state index contributed by atoms with van der Waals surface area (Å²) in [6.45, 7) is 4.02. The molecular weight excluding hydrogens is 259 g/mol. The molecule has 0 aromatic heterocycles. The van der Waals surface area contributed by atoms with Crippen LogP contribution in [0, 0.1) is 11.7 Å². The van der Waals surface area contributed by atoms with E-state index < -0.39 is 5.82 Å². The minimum Gasteiger partial charge on any atom is -0.294 e. The first-order valence-corrected chi connectivity index (χ1v) is 5.82. The van der Waals surface area contributed by atoms with Crippen LogP contribution < -0.4 is 0 Å². The molecule has 15 heavy (non-hydrogen) atoms. The van der Waals surface area contributed by atoms with Crippen molar-refractivity contribution in [2.24, 2.45) is 5.92 Å². The van der Waals surface area contributed by atoms with E-state index in [-0.39, 0.29) is 11.3 Å². The van der Waals surface area contributed by atoms with Crippen LogP contribution >= 0.6 is 15.9 Å². The van der Waals surface area contributed by atoms with Gasteiger partial charge < -0.3 is 0 Å². The Morgan fingerprint density at radius 3 is 2.73 bits per heavy atom. The second kappa shape index (κ2) is 5.40. The molecule has 0 heterocycles. The van der Waals surface area contributed by atoms with Gasteiger partial charge in [-0.2, -0.15) is 0 Å². The van der Waals surface area contributed by atoms with Crippen LogP contribution in [-0.4, -0.2) is 5.78 Å². The van der Waals surface area contributed by atoms with Crippen molar-refractivity contribution < 1.29 is 9.18 Å². The van der Waals surface area contributed by atoms with E-state index in [4.69, 9.17) is 0 Å². The normalized spacial score (nSPS) is 12.5. The average molecular weight is 273 g/mol. The lowest BCUT2D eigenvalue weighted by atomic mass is 9.98. The molecule has 0 aliphatic heterocycles. The molecule has 0 N–H and O–H groups in total. The monoisotopic (exact) mass is 272 g/mol. The summed E-state index contributed by atoms with van der Waals surface area (Å²) in [7, 11) is 0. The molecule has 0 saturated heterocycles. The highest BCUT2D eigenvalue weighted by Crippen LogP contribution is 2.19. The zero-order valence-electron chi connectivity index (χ0n) is 8.89. The van der Waals surface area contributed by atoms with Crippen LogP contribution in [0.5, 0.6) is 0 Å². The highest BCUT2D eigenvalue weighted by atomic mass is 79.9. The summed E-state index contributed by atoms with van der Waals surface area (Å²) in [5.41, 5.74) is 0.193. The zero-order chi connectivity index (χ0) is 11.4. The van der Waals surface area contributed by atoms with Crippen molar-refractivity contribution in [1.29, 1.82) is 0 Å². The van der Waals surface area contributed by atoms with E-state index in [1.165, 1.54) is 12.1 Å². The molecule has 0 spiro atoms. The van der Waals surface area contributed by atoms with Crippen molar-refractivity contribution in [2.75, 3.05) is 0 Å². The van der Waals surface area contributed by atoms with Crippen LogP contribution in [0.3, 0.4) is 0 Å². The smallest absolute Gasteiger partial charge is 0.166 e. The third-order valence-corrected chi connectivity index (χ3v) is 2.96. The Morgan fingerprint density at radius 1 is 1.53 bits per heavy atom. The molecule has 1 rings (SSSR count). The Bertz CT molecular complexity index is 363. The minimum atomic E-state index is -0.447. The molecule has 0 amide bonds. The second-order valence-electron chi connectivity index (χ2n) is 3.76. The van der Waals surface area contributed by atoms with Crippen molar-refractivity contribution in [3.05, 3.63) is 34.1 Å². The summed E-state index contributed by atoms with van der Waals surface area (Å²) >= 11 is 3.16. The topological polar surface area (TPSA) is 17.1 Å². The molecule has 1 aromatic rings. The van der Waals surface area contributed by atoms with Crippen molar-refractivity contribution in [3.63, 3.8) is 0 Å². The average Bonchev–Trinajstić information content (AvgIpc) is 2.17. The number of ketones is 1. The number of hydrogen-bond donors (Lipinski definition) is 0. The van der Waals surface area contributed by atoms with E-state index in [2.05, 4.69) is 15.9 Å². The molecular formula is C12H14BrFO. The quantitative estimate of drug-likeness (QED) is 0.751. The standard InChI is InChI=1S/C12H14BrFO/c1-3-8(2)6-12(15)10-5-4-9(13)7-11(10)14/h4-5,7-8H,3,6H2,1-2H3. The fourth-order valence-corrected chi connectivity index (χ4v) is 1.62. The summed E-state index contributed by atoms with van der Waals surface area (Å²) in [6, 6.07) is 4.54. The number of Topliss-reactive ketones (excluding diaryl/α,β-unsaturated/α-hetero) is 1. The van der Waals surface area contributed by atoms with Gasteiger partial charge in [0.2, 0.25) is 0 Å². The van der Waals surface area contributed by atoms with Gasteiger partial charge >= 0.3 is 0 Å². The first kappa shape index (κ1) is 12.4. The lowest BCUT2D eigenvalue weighted by Gasteiger charge is -2.07. The second-order valence-corrected chi connectivity index (χ2v) is 4.68. The first-order valence-electron chi connectivity index (χ1n) is 5.02. The van der Waals surface area contributed by atoms with Crippen molar-refractivity contribution in [2.45, 2.75) is 26.7 Å². The molecule has 1 nitrogen and oxygen atoms in total. The largest absolute Gasteiger partial charge is 0.294 e. The Kier molecular flexibility index (Phi) is 4.45. The fraction of sp³-hybridized carbons (Fsp3) is 0.417. The summed E-state index contributed by atoms with van der Waals surface area (Å²) < 4.78 is 14.1. The molecule has 0 fully saturated rings. The van der Waals surface area contributed by atoms with E-state index in [0.29, 0.717) is 16.8 Å². The number of benzene rings is 1. The van der Waals surface area contributed by atoms with Gasteiger partial charge in [-0.25, -0.2) is 4.39 Å². The van der Waals surface area contributed by atoms with Gasteiger partial charge in [0.15, 0.2) is 5.78 Å². The molecule has 82 valence electrons. The van der Waals surface area contributed by atoms with Crippen LogP contribution in [-0.2, 0) is 0 Å². The van der Waals surface area contributed by atoms with Gasteiger partial charge in [0.25, 0.3) is 0 Å². The maximum absolute atomic E-state index is 13.4. The molecule has 1 unspecified atom stereocenters. The molecule has 3 heteroatoms. The third-order valence-electron chi connectivity index (χ3n) is 2.46. The van der Waals surface area contributed by atoms with Crippen LogP contribution in [0.25, 0.3) is 0 Å². The van der Waals surface area contributed by atoms with Crippen molar-refractivity contribution >= 4 is 21.7 Å². The molecule has 1 atom stereocenters. The molecule has 1 aromatic carbocycles. The molecule has 0 aliphatic carbocycles. The van der Waals surface area contributed by atoms with Gasteiger partial charge in [0.05, 0.1) is 5.56 Å². The highest BCUT2D eigenvalue weighted by molar-refractivity contribution is 9.10. The Morgan fingerprint density at radius 2 is 2.20 bits per heavy atom. The summed E-state index contributed by atoms with van der Waals surface area (Å²) in [5.74, 6) is -0.257. The lowest BCUT2D eigenvalue weighted by molar-refractivity contribution is 0.0959. The Balaban J connectivity index is 2.82. The SMILES string of the molecule is CCC(C)CC(=O)c1ccc(Br)cc1F. The lowest BCUT2D eigenvalue weighted by Crippen LogP contribution is -2.07. The zero-order valence-corrected chi connectivity index (χ0v) is 10.5. The van der Waals surface area contributed by atoms with Crippen LogP contribution in [0.15, 0.2) is 22.7 Å². The molecule has 0 radical (unpaired) electrons. The van der Waals surface area contributed by atoms with Crippen molar-refractivity contribution in [1.82, 2.24) is 0 Å². The van der Waals surface area contributed by atoms with E-state index >= 15 is 0 Å². The summed E-state index contributed by atoms with van der Waals surface area (Å²) in [4.78, 5) is 11.7. The summed E-state index contributed by atoms with van der Waals surface area (Å²) in [6.07, 6.45) is 1.35. The highest BCUT2D eigenvalue weighted by Gasteiger charge is 2.14. The number of carbonyl (C=O) groups is 1. The van der Waals surface area contributed by atoms with Gasteiger partial charge in [0, 0.05) is 10.9 Å². The maximum Gasteiger partial charge on any atom is 0.166 e. The van der Waals surface area contributed by atoms with Crippen LogP contribution in [0.4, 0.5) is 4.39 Å². The van der Waals surface area contributed by atoms with Crippen molar-refractivity contribution in [3.8, 4) is 0 Å². The fourth-order valence-electron chi connectivity index (χ4n) is 1.29. The Labute approximate surface area is 97.8 Å². The van der Waals surface area contributed by atoms with Gasteiger partial charge in [-0.15, -0.1) is 0 Å². The number of halogens is 2. The first-order chi connectivity index (χ1) is 7.04. The minimum absolute atomic E-state index is 0.116. The third kappa shape index (κ3) is 3.42. The van der Waals surface area contributed by atoms with E-state index in [1.54, 1.807) is 6.07 Å². The van der Waals surface area contributed by atoms with Gasteiger partial charge in [-0.3, -0.25) is 4.79 Å². The molecule has 0 aliphatic rings. The van der Waals surface area contributed by atoms with E-state index in [1.807, 2.05) is 13.8 Å². The van der Waals surface area contributed by atoms with Crippen LogP contribution in [0.2, 0.25) is 0 Å². The maximum atomic E-state index is 13.4. The van der Waals surface area contributed by atoms with Gasteiger partial charge in [-0.1, -0.05) is 36.2 Å². The molecule has 0 saturated carbocycles.